The fraction of sp³-hybridized carbons (Fsp3) is 0.136. The highest BCUT2D eigenvalue weighted by molar-refractivity contribution is 6.31. The summed E-state index contributed by atoms with van der Waals surface area (Å²) in [6, 6.07) is 12.0. The van der Waals surface area contributed by atoms with Gasteiger partial charge in [-0.15, -0.1) is 0 Å². The van der Waals surface area contributed by atoms with E-state index in [1.807, 2.05) is 6.92 Å². The highest BCUT2D eigenvalue weighted by Crippen LogP contribution is 2.25. The standard InChI is InChI=1S/C22H20ClFN4O3/c1-13-3-5-15(10-17(13)23)28-22(30)27-12-14-4-6-20(18(24)9-14)31-16-7-8-26-19(11-16)21(29)25-2/h3-11H,12H2,1-2H3,(H,25,29)(H2,27,28,30). The summed E-state index contributed by atoms with van der Waals surface area (Å²) in [7, 11) is 1.49. The van der Waals surface area contributed by atoms with E-state index in [2.05, 4.69) is 20.9 Å². The maximum Gasteiger partial charge on any atom is 0.319 e. The summed E-state index contributed by atoms with van der Waals surface area (Å²) in [5, 5.41) is 8.32. The lowest BCUT2D eigenvalue weighted by Gasteiger charge is -2.11. The summed E-state index contributed by atoms with van der Waals surface area (Å²) in [6.45, 7) is 1.97. The summed E-state index contributed by atoms with van der Waals surface area (Å²) in [4.78, 5) is 27.6. The molecule has 0 aliphatic rings. The van der Waals surface area contributed by atoms with E-state index in [9.17, 15) is 14.0 Å². The number of rotatable bonds is 6. The lowest BCUT2D eigenvalue weighted by atomic mass is 10.2. The van der Waals surface area contributed by atoms with Crippen LogP contribution in [-0.4, -0.2) is 24.0 Å². The number of urea groups is 1. The monoisotopic (exact) mass is 442 g/mol. The Labute approximate surface area is 183 Å². The number of nitrogens with one attached hydrogen (secondary N) is 3. The molecule has 0 saturated carbocycles. The molecule has 0 radical (unpaired) electrons. The number of carbonyl (C=O) groups is 2. The molecule has 3 amide bonds. The fourth-order valence-electron chi connectivity index (χ4n) is 2.62. The number of anilines is 1. The number of carbonyl (C=O) groups excluding carboxylic acids is 2. The number of halogens is 2. The number of hydrogen-bond acceptors (Lipinski definition) is 4. The van der Waals surface area contributed by atoms with Gasteiger partial charge in [0.2, 0.25) is 0 Å². The van der Waals surface area contributed by atoms with Crippen molar-refractivity contribution in [2.24, 2.45) is 0 Å². The second-order valence-corrected chi connectivity index (χ2v) is 7.00. The Morgan fingerprint density at radius 2 is 1.94 bits per heavy atom. The minimum atomic E-state index is -0.608. The van der Waals surface area contributed by atoms with Crippen molar-refractivity contribution in [1.29, 1.82) is 0 Å². The van der Waals surface area contributed by atoms with Crippen molar-refractivity contribution < 1.29 is 18.7 Å². The van der Waals surface area contributed by atoms with Crippen LogP contribution in [0.3, 0.4) is 0 Å². The molecule has 1 heterocycles. The van der Waals surface area contributed by atoms with Gasteiger partial charge in [-0.2, -0.15) is 0 Å². The molecule has 3 N–H and O–H groups in total. The minimum Gasteiger partial charge on any atom is -0.454 e. The number of pyridine rings is 1. The van der Waals surface area contributed by atoms with E-state index in [-0.39, 0.29) is 29.6 Å². The summed E-state index contributed by atoms with van der Waals surface area (Å²) >= 11 is 6.04. The second kappa shape index (κ2) is 9.90. The Kier molecular flexibility index (Phi) is 7.04. The molecule has 7 nitrogen and oxygen atoms in total. The average molecular weight is 443 g/mol. The van der Waals surface area contributed by atoms with Gasteiger partial charge in [0.1, 0.15) is 11.4 Å². The van der Waals surface area contributed by atoms with Gasteiger partial charge in [-0.05, 0) is 48.4 Å². The van der Waals surface area contributed by atoms with Crippen LogP contribution >= 0.6 is 11.6 Å². The Hall–Kier alpha value is -3.65. The van der Waals surface area contributed by atoms with Gasteiger partial charge in [0, 0.05) is 36.6 Å². The maximum absolute atomic E-state index is 14.5. The van der Waals surface area contributed by atoms with Crippen molar-refractivity contribution in [3.05, 3.63) is 82.4 Å². The summed E-state index contributed by atoms with van der Waals surface area (Å²) < 4.78 is 20.0. The van der Waals surface area contributed by atoms with Crippen LogP contribution in [0.25, 0.3) is 0 Å². The Balaban J connectivity index is 1.59. The molecule has 0 spiro atoms. The van der Waals surface area contributed by atoms with Crippen molar-refractivity contribution >= 4 is 29.2 Å². The van der Waals surface area contributed by atoms with E-state index >= 15 is 0 Å². The molecule has 0 fully saturated rings. The van der Waals surface area contributed by atoms with Gasteiger partial charge >= 0.3 is 6.03 Å². The zero-order valence-electron chi connectivity index (χ0n) is 16.8. The lowest BCUT2D eigenvalue weighted by molar-refractivity contribution is 0.0958. The predicted molar refractivity (Wildman–Crippen MR) is 116 cm³/mol. The first kappa shape index (κ1) is 22.0. The van der Waals surface area contributed by atoms with Crippen LogP contribution < -0.4 is 20.7 Å². The average Bonchev–Trinajstić information content (AvgIpc) is 2.76. The fourth-order valence-corrected chi connectivity index (χ4v) is 2.80. The molecule has 0 saturated heterocycles. The first-order valence-electron chi connectivity index (χ1n) is 9.31. The van der Waals surface area contributed by atoms with Gasteiger partial charge in [0.15, 0.2) is 11.6 Å². The molecule has 3 aromatic rings. The normalized spacial score (nSPS) is 10.3. The number of hydrogen-bond donors (Lipinski definition) is 3. The smallest absolute Gasteiger partial charge is 0.319 e. The molecule has 9 heteroatoms. The molecule has 0 unspecified atom stereocenters. The molecule has 0 aliphatic carbocycles. The topological polar surface area (TPSA) is 92.4 Å². The van der Waals surface area contributed by atoms with Crippen LogP contribution in [0.2, 0.25) is 5.02 Å². The van der Waals surface area contributed by atoms with E-state index in [4.69, 9.17) is 16.3 Å². The molecular weight excluding hydrogens is 423 g/mol. The largest absolute Gasteiger partial charge is 0.454 e. The van der Waals surface area contributed by atoms with Crippen molar-refractivity contribution in [3.8, 4) is 11.5 Å². The van der Waals surface area contributed by atoms with Crippen molar-refractivity contribution in [2.45, 2.75) is 13.5 Å². The number of ether oxygens (including phenoxy) is 1. The predicted octanol–water partition coefficient (Wildman–Crippen LogP) is 4.66. The van der Waals surface area contributed by atoms with Gasteiger partial charge in [0.25, 0.3) is 5.91 Å². The van der Waals surface area contributed by atoms with Gasteiger partial charge in [-0.25, -0.2) is 9.18 Å². The number of benzene rings is 2. The van der Waals surface area contributed by atoms with E-state index in [1.54, 1.807) is 24.3 Å². The third-order valence-electron chi connectivity index (χ3n) is 4.30. The third kappa shape index (κ3) is 5.93. The maximum atomic E-state index is 14.5. The van der Waals surface area contributed by atoms with Gasteiger partial charge in [-0.1, -0.05) is 23.7 Å². The van der Waals surface area contributed by atoms with Crippen molar-refractivity contribution in [2.75, 3.05) is 12.4 Å². The summed E-state index contributed by atoms with van der Waals surface area (Å²) in [5.74, 6) is -0.729. The van der Waals surface area contributed by atoms with Crippen LogP contribution in [0.4, 0.5) is 14.9 Å². The molecule has 3 rings (SSSR count). The van der Waals surface area contributed by atoms with Crippen LogP contribution in [0.1, 0.15) is 21.6 Å². The highest BCUT2D eigenvalue weighted by Gasteiger charge is 2.11. The Morgan fingerprint density at radius 3 is 2.65 bits per heavy atom. The highest BCUT2D eigenvalue weighted by atomic mass is 35.5. The summed E-state index contributed by atoms with van der Waals surface area (Å²) in [6.07, 6.45) is 1.40. The van der Waals surface area contributed by atoms with E-state index in [1.165, 1.54) is 37.5 Å². The molecule has 2 aromatic carbocycles. The van der Waals surface area contributed by atoms with Crippen LogP contribution in [0.15, 0.2) is 54.7 Å². The Morgan fingerprint density at radius 1 is 1.13 bits per heavy atom. The molecule has 1 aromatic heterocycles. The Bertz CT molecular complexity index is 1120. The first-order valence-corrected chi connectivity index (χ1v) is 9.69. The molecule has 31 heavy (non-hydrogen) atoms. The SMILES string of the molecule is CNC(=O)c1cc(Oc2ccc(CNC(=O)Nc3ccc(C)c(Cl)c3)cc2F)ccn1. The van der Waals surface area contributed by atoms with Crippen LogP contribution in [-0.2, 0) is 6.54 Å². The van der Waals surface area contributed by atoms with E-state index < -0.39 is 11.8 Å². The second-order valence-electron chi connectivity index (χ2n) is 6.59. The number of aryl methyl sites for hydroxylation is 1. The van der Waals surface area contributed by atoms with Gasteiger partial charge < -0.3 is 20.7 Å². The number of nitrogens with zero attached hydrogens (tertiary/aromatic N) is 1. The van der Waals surface area contributed by atoms with Gasteiger partial charge in [0.05, 0.1) is 0 Å². The lowest BCUT2D eigenvalue weighted by Crippen LogP contribution is -2.28. The van der Waals surface area contributed by atoms with Crippen molar-refractivity contribution in [1.82, 2.24) is 15.6 Å². The van der Waals surface area contributed by atoms with E-state index in [0.717, 1.165) is 5.56 Å². The first-order chi connectivity index (χ1) is 14.9. The zero-order chi connectivity index (χ0) is 22.4. The third-order valence-corrected chi connectivity index (χ3v) is 4.71. The molecule has 0 atom stereocenters. The molecule has 0 aliphatic heterocycles. The van der Waals surface area contributed by atoms with Crippen molar-refractivity contribution in [3.63, 3.8) is 0 Å². The minimum absolute atomic E-state index is 0.0171. The van der Waals surface area contributed by atoms with Crippen LogP contribution in [0, 0.1) is 12.7 Å². The zero-order valence-corrected chi connectivity index (χ0v) is 17.6. The number of amides is 3. The summed E-state index contributed by atoms with van der Waals surface area (Å²) in [5.41, 5.74) is 2.16. The number of aromatic nitrogens is 1. The molecular formula is C22H20ClFN4O3. The quantitative estimate of drug-likeness (QED) is 0.518. The van der Waals surface area contributed by atoms with E-state index in [0.29, 0.717) is 16.3 Å². The van der Waals surface area contributed by atoms with Crippen LogP contribution in [0.5, 0.6) is 11.5 Å². The molecule has 0 bridgehead atoms. The van der Waals surface area contributed by atoms with Gasteiger partial charge in [-0.3, -0.25) is 9.78 Å². The molecule has 160 valence electrons.